The van der Waals surface area contributed by atoms with Gasteiger partial charge in [0.05, 0.1) is 5.69 Å². The van der Waals surface area contributed by atoms with Crippen LogP contribution in [0.25, 0.3) is 11.3 Å². The van der Waals surface area contributed by atoms with Gasteiger partial charge in [-0.25, -0.2) is 4.98 Å². The molecule has 1 aliphatic carbocycles. The van der Waals surface area contributed by atoms with Gasteiger partial charge >= 0.3 is 0 Å². The van der Waals surface area contributed by atoms with Crippen LogP contribution in [-0.2, 0) is 4.79 Å². The number of benzene rings is 1. The predicted octanol–water partition coefficient (Wildman–Crippen LogP) is 3.64. The van der Waals surface area contributed by atoms with Crippen LogP contribution < -0.4 is 11.1 Å². The molecule has 110 valence electrons. The number of hydrogen-bond acceptors (Lipinski definition) is 4. The molecule has 3 rings (SSSR count). The van der Waals surface area contributed by atoms with Crippen molar-refractivity contribution in [3.05, 3.63) is 34.1 Å². The molecule has 0 aliphatic heterocycles. The highest BCUT2D eigenvalue weighted by Gasteiger charge is 2.28. The van der Waals surface area contributed by atoms with Crippen LogP contribution in [0.5, 0.6) is 0 Å². The molecule has 1 fully saturated rings. The molecule has 3 N–H and O–H groups in total. The zero-order valence-corrected chi connectivity index (χ0v) is 13.8. The van der Waals surface area contributed by atoms with E-state index in [9.17, 15) is 4.79 Å². The molecule has 0 spiro atoms. The van der Waals surface area contributed by atoms with Crippen LogP contribution in [0, 0.1) is 5.92 Å². The molecule has 2 aromatic rings. The first-order valence-corrected chi connectivity index (χ1v) is 8.57. The van der Waals surface area contributed by atoms with E-state index in [0.29, 0.717) is 5.13 Å². The van der Waals surface area contributed by atoms with Crippen molar-refractivity contribution in [2.45, 2.75) is 25.3 Å². The van der Waals surface area contributed by atoms with Gasteiger partial charge in [-0.1, -0.05) is 28.1 Å². The second-order valence-corrected chi connectivity index (χ2v) is 7.08. The maximum atomic E-state index is 12.2. The van der Waals surface area contributed by atoms with Crippen molar-refractivity contribution in [3.8, 4) is 11.3 Å². The summed E-state index contributed by atoms with van der Waals surface area (Å²) in [6.45, 7) is 0. The molecule has 1 saturated carbocycles. The summed E-state index contributed by atoms with van der Waals surface area (Å²) in [5.41, 5.74) is 7.76. The van der Waals surface area contributed by atoms with E-state index in [4.69, 9.17) is 5.73 Å². The Bertz CT molecular complexity index is 658. The van der Waals surface area contributed by atoms with Crippen LogP contribution in [0.1, 0.15) is 19.3 Å². The van der Waals surface area contributed by atoms with Crippen molar-refractivity contribution in [2.75, 3.05) is 5.32 Å². The Morgan fingerprint density at radius 3 is 3.00 bits per heavy atom. The van der Waals surface area contributed by atoms with Gasteiger partial charge in [0.2, 0.25) is 5.91 Å². The molecule has 0 radical (unpaired) electrons. The number of halogens is 1. The minimum atomic E-state index is 0.0261. The molecule has 1 amide bonds. The van der Waals surface area contributed by atoms with Gasteiger partial charge in [-0.15, -0.1) is 11.3 Å². The summed E-state index contributed by atoms with van der Waals surface area (Å²) in [5, 5.41) is 5.52. The number of thiazole rings is 1. The van der Waals surface area contributed by atoms with E-state index in [1.807, 2.05) is 29.6 Å². The second-order valence-electron chi connectivity index (χ2n) is 5.31. The van der Waals surface area contributed by atoms with E-state index in [1.54, 1.807) is 0 Å². The van der Waals surface area contributed by atoms with Gasteiger partial charge in [0.25, 0.3) is 0 Å². The number of carbonyl (C=O) groups excluding carboxylic acids is 1. The van der Waals surface area contributed by atoms with Crippen LogP contribution >= 0.6 is 27.3 Å². The van der Waals surface area contributed by atoms with E-state index >= 15 is 0 Å². The number of aromatic nitrogens is 1. The van der Waals surface area contributed by atoms with E-state index in [2.05, 4.69) is 26.2 Å². The fourth-order valence-corrected chi connectivity index (χ4v) is 3.70. The molecule has 1 aromatic carbocycles. The van der Waals surface area contributed by atoms with Crippen molar-refractivity contribution in [1.29, 1.82) is 0 Å². The Kier molecular flexibility index (Phi) is 4.37. The Morgan fingerprint density at radius 2 is 2.29 bits per heavy atom. The normalized spacial score (nSPS) is 21.4. The fraction of sp³-hybridized carbons (Fsp3) is 0.333. The van der Waals surface area contributed by atoms with Crippen LogP contribution in [0.15, 0.2) is 34.1 Å². The highest BCUT2D eigenvalue weighted by molar-refractivity contribution is 9.10. The average molecular weight is 366 g/mol. The third-order valence-electron chi connectivity index (χ3n) is 3.70. The summed E-state index contributed by atoms with van der Waals surface area (Å²) < 4.78 is 1.01. The van der Waals surface area contributed by atoms with Crippen LogP contribution in [-0.4, -0.2) is 16.9 Å². The SMILES string of the molecule is NC1CCC(C(=O)Nc2nc(-c3cccc(Br)c3)cs2)C1. The van der Waals surface area contributed by atoms with Gasteiger partial charge < -0.3 is 11.1 Å². The summed E-state index contributed by atoms with van der Waals surface area (Å²) in [4.78, 5) is 16.6. The smallest absolute Gasteiger partial charge is 0.229 e. The number of anilines is 1. The van der Waals surface area contributed by atoms with Gasteiger partial charge in [-0.2, -0.15) is 0 Å². The standard InChI is InChI=1S/C15H16BrN3OS/c16-11-3-1-2-9(6-11)13-8-21-15(18-13)19-14(20)10-4-5-12(17)7-10/h1-3,6,8,10,12H,4-5,7,17H2,(H,18,19,20). The number of nitrogens with zero attached hydrogens (tertiary/aromatic N) is 1. The lowest BCUT2D eigenvalue weighted by molar-refractivity contribution is -0.119. The largest absolute Gasteiger partial charge is 0.328 e. The van der Waals surface area contributed by atoms with E-state index in [0.717, 1.165) is 35.0 Å². The summed E-state index contributed by atoms with van der Waals surface area (Å²) in [6, 6.07) is 8.12. The highest BCUT2D eigenvalue weighted by Crippen LogP contribution is 2.29. The third kappa shape index (κ3) is 3.51. The van der Waals surface area contributed by atoms with Gasteiger partial charge in [0.1, 0.15) is 0 Å². The Morgan fingerprint density at radius 1 is 1.43 bits per heavy atom. The summed E-state index contributed by atoms with van der Waals surface area (Å²) in [5.74, 6) is 0.0660. The Hall–Kier alpha value is -1.24. The molecule has 1 aliphatic rings. The molecule has 21 heavy (non-hydrogen) atoms. The third-order valence-corrected chi connectivity index (χ3v) is 4.95. The molecule has 0 saturated heterocycles. The quantitative estimate of drug-likeness (QED) is 0.872. The molecule has 4 nitrogen and oxygen atoms in total. The monoisotopic (exact) mass is 365 g/mol. The van der Waals surface area contributed by atoms with Crippen molar-refractivity contribution in [2.24, 2.45) is 11.7 Å². The first-order valence-electron chi connectivity index (χ1n) is 6.90. The number of amides is 1. The Labute approximate surface area is 135 Å². The molecule has 2 atom stereocenters. The molecule has 1 heterocycles. The maximum absolute atomic E-state index is 12.2. The lowest BCUT2D eigenvalue weighted by Gasteiger charge is -2.08. The minimum absolute atomic E-state index is 0.0261. The molecular formula is C15H16BrN3OS. The molecule has 1 aromatic heterocycles. The number of nitrogens with two attached hydrogens (primary N) is 1. The first-order chi connectivity index (χ1) is 10.1. The van der Waals surface area contributed by atoms with Crippen molar-refractivity contribution in [3.63, 3.8) is 0 Å². The average Bonchev–Trinajstić information content (AvgIpc) is 3.08. The van der Waals surface area contributed by atoms with Crippen molar-refractivity contribution < 1.29 is 4.79 Å². The van der Waals surface area contributed by atoms with E-state index in [-0.39, 0.29) is 17.9 Å². The zero-order valence-electron chi connectivity index (χ0n) is 11.4. The summed E-state index contributed by atoms with van der Waals surface area (Å²) in [6.07, 6.45) is 2.58. The van der Waals surface area contributed by atoms with Crippen LogP contribution in [0.4, 0.5) is 5.13 Å². The molecule has 0 bridgehead atoms. The van der Waals surface area contributed by atoms with Crippen LogP contribution in [0.3, 0.4) is 0 Å². The van der Waals surface area contributed by atoms with E-state index in [1.165, 1.54) is 11.3 Å². The zero-order chi connectivity index (χ0) is 14.8. The van der Waals surface area contributed by atoms with Gasteiger partial charge in [0, 0.05) is 27.4 Å². The van der Waals surface area contributed by atoms with Gasteiger partial charge in [0.15, 0.2) is 5.13 Å². The predicted molar refractivity (Wildman–Crippen MR) is 89.2 cm³/mol. The van der Waals surface area contributed by atoms with E-state index < -0.39 is 0 Å². The second kappa shape index (κ2) is 6.25. The Balaban J connectivity index is 1.69. The molecule has 6 heteroatoms. The summed E-state index contributed by atoms with van der Waals surface area (Å²) >= 11 is 4.90. The van der Waals surface area contributed by atoms with Crippen molar-refractivity contribution in [1.82, 2.24) is 4.98 Å². The molecule has 2 unspecified atom stereocenters. The number of rotatable bonds is 3. The number of hydrogen-bond donors (Lipinski definition) is 2. The lowest BCUT2D eigenvalue weighted by atomic mass is 10.1. The highest BCUT2D eigenvalue weighted by atomic mass is 79.9. The van der Waals surface area contributed by atoms with Crippen LogP contribution in [0.2, 0.25) is 0 Å². The lowest BCUT2D eigenvalue weighted by Crippen LogP contribution is -2.23. The topological polar surface area (TPSA) is 68.0 Å². The van der Waals surface area contributed by atoms with Crippen molar-refractivity contribution >= 4 is 38.3 Å². The summed E-state index contributed by atoms with van der Waals surface area (Å²) in [7, 11) is 0. The number of nitrogens with one attached hydrogen (secondary N) is 1. The van der Waals surface area contributed by atoms with Gasteiger partial charge in [-0.3, -0.25) is 4.79 Å². The van der Waals surface area contributed by atoms with Gasteiger partial charge in [-0.05, 0) is 31.4 Å². The first kappa shape index (κ1) is 14.7. The maximum Gasteiger partial charge on any atom is 0.229 e. The number of carbonyl (C=O) groups is 1. The minimum Gasteiger partial charge on any atom is -0.328 e. The molecular weight excluding hydrogens is 350 g/mol. The fourth-order valence-electron chi connectivity index (χ4n) is 2.57.